The van der Waals surface area contributed by atoms with Gasteiger partial charge in [-0.15, -0.1) is 0 Å². The number of alkyl halides is 1. The van der Waals surface area contributed by atoms with Gasteiger partial charge < -0.3 is 29.5 Å². The predicted octanol–water partition coefficient (Wildman–Crippen LogP) is 6.05. The monoisotopic (exact) mass is 602 g/mol. The van der Waals surface area contributed by atoms with E-state index in [0.29, 0.717) is 17.7 Å². The fourth-order valence-electron chi connectivity index (χ4n) is 7.89. The number of rotatable bonds is 7. The minimum Gasteiger partial charge on any atom is -0.393 e. The summed E-state index contributed by atoms with van der Waals surface area (Å²) in [6.07, 6.45) is 8.27. The summed E-state index contributed by atoms with van der Waals surface area (Å²) < 4.78 is 20.1. The quantitative estimate of drug-likeness (QED) is 0.307. The Morgan fingerprint density at radius 2 is 1.50 bits per heavy atom. The Kier molecular flexibility index (Phi) is 8.62. The van der Waals surface area contributed by atoms with Crippen LogP contribution in [0.3, 0.4) is 0 Å². The van der Waals surface area contributed by atoms with E-state index in [1.165, 1.54) is 0 Å². The Morgan fingerprint density at radius 1 is 0.868 bits per heavy atom. The lowest BCUT2D eigenvalue weighted by Crippen LogP contribution is -2.63. The van der Waals surface area contributed by atoms with Gasteiger partial charge in [0.25, 0.3) is 0 Å². The summed E-state index contributed by atoms with van der Waals surface area (Å²) in [7, 11) is 0. The molecule has 0 aromatic heterocycles. The van der Waals surface area contributed by atoms with E-state index >= 15 is 0 Å². The third-order valence-corrected chi connectivity index (χ3v) is 12.6. The number of fused-ring (bicyclic) bond motifs is 1. The Hall–Kier alpha value is 0.240. The number of aliphatic hydroxyl groups is 3. The molecular weight excluding hydrogens is 548 g/mol. The van der Waals surface area contributed by atoms with Crippen molar-refractivity contribution >= 4 is 15.9 Å². The standard InChI is InChI=1S/C31H55BrO6/c1-26(2,34)20-11-15-28(5,19-20)22(33)13-16-29(6,35)23-9-10-24-30(7,37-23)18-14-25(36-24)31(8)17-12-21(32)27(3,4)38-31/h20-25,33-35H,9-19H2,1-8H3/t20-,21+,22-,23+,24+,25+,28-,29-,30-,31-/m0/s1. The highest BCUT2D eigenvalue weighted by Crippen LogP contribution is 2.51. The second-order valence-corrected chi connectivity index (χ2v) is 16.4. The predicted molar refractivity (Wildman–Crippen MR) is 154 cm³/mol. The Morgan fingerprint density at radius 3 is 2.11 bits per heavy atom. The molecule has 0 bridgehead atoms. The summed E-state index contributed by atoms with van der Waals surface area (Å²) in [5.41, 5.74) is -2.95. The van der Waals surface area contributed by atoms with Gasteiger partial charge in [-0.2, -0.15) is 0 Å². The fraction of sp³-hybridized carbons (Fsp3) is 1.00. The highest BCUT2D eigenvalue weighted by atomic mass is 79.9. The van der Waals surface area contributed by atoms with Gasteiger partial charge in [-0.1, -0.05) is 22.9 Å². The molecule has 3 heterocycles. The van der Waals surface area contributed by atoms with Crippen molar-refractivity contribution in [1.82, 2.24) is 0 Å². The van der Waals surface area contributed by atoms with Crippen LogP contribution in [0.15, 0.2) is 0 Å². The molecule has 3 N–H and O–H groups in total. The Bertz CT molecular complexity index is 841. The molecule has 1 aliphatic carbocycles. The van der Waals surface area contributed by atoms with Gasteiger partial charge in [0.15, 0.2) is 0 Å². The van der Waals surface area contributed by atoms with Gasteiger partial charge in [0.1, 0.15) is 0 Å². The molecule has 10 atom stereocenters. The van der Waals surface area contributed by atoms with E-state index in [1.807, 2.05) is 20.8 Å². The first-order chi connectivity index (χ1) is 17.3. The molecule has 3 aliphatic heterocycles. The van der Waals surface area contributed by atoms with Crippen molar-refractivity contribution in [2.75, 3.05) is 0 Å². The SMILES string of the molecule is CC(C)(O)[C@H]1CC[C@](C)([C@@H](O)CC[C@](C)(O)[C@H]2CC[C@H]3O[C@@H]([C@]4(C)CC[C@@H](Br)C(C)(C)O4)CC[C@]3(C)O2)C1. The Labute approximate surface area is 239 Å². The van der Waals surface area contributed by atoms with Crippen molar-refractivity contribution in [3.05, 3.63) is 0 Å². The van der Waals surface area contributed by atoms with Gasteiger partial charge >= 0.3 is 0 Å². The van der Waals surface area contributed by atoms with Gasteiger partial charge in [-0.3, -0.25) is 0 Å². The average molecular weight is 604 g/mol. The van der Waals surface area contributed by atoms with Gasteiger partial charge in [0.2, 0.25) is 0 Å². The van der Waals surface area contributed by atoms with Crippen LogP contribution in [0.25, 0.3) is 0 Å². The fourth-order valence-corrected chi connectivity index (χ4v) is 8.21. The zero-order chi connectivity index (χ0) is 28.4. The molecule has 0 aromatic carbocycles. The van der Waals surface area contributed by atoms with Crippen LogP contribution >= 0.6 is 15.9 Å². The van der Waals surface area contributed by atoms with Gasteiger partial charge in [0.05, 0.1) is 52.4 Å². The molecule has 38 heavy (non-hydrogen) atoms. The van der Waals surface area contributed by atoms with Crippen LogP contribution in [-0.4, -0.2) is 72.6 Å². The van der Waals surface area contributed by atoms with Crippen LogP contribution in [0.2, 0.25) is 0 Å². The lowest BCUT2D eigenvalue weighted by Gasteiger charge is -2.56. The molecular formula is C31H55BrO6. The molecule has 222 valence electrons. The highest BCUT2D eigenvalue weighted by molar-refractivity contribution is 9.09. The maximum atomic E-state index is 11.5. The van der Waals surface area contributed by atoms with E-state index in [-0.39, 0.29) is 40.8 Å². The summed E-state index contributed by atoms with van der Waals surface area (Å²) in [6.45, 7) is 16.4. The minimum atomic E-state index is -1.02. The summed E-state index contributed by atoms with van der Waals surface area (Å²) in [4.78, 5) is 0.343. The van der Waals surface area contributed by atoms with Gasteiger partial charge in [-0.25, -0.2) is 0 Å². The maximum absolute atomic E-state index is 11.5. The number of hydrogen-bond donors (Lipinski definition) is 3. The molecule has 0 aromatic rings. The van der Waals surface area contributed by atoms with Crippen LogP contribution in [0, 0.1) is 11.3 Å². The number of ether oxygens (including phenoxy) is 3. The third kappa shape index (κ3) is 6.19. The number of hydrogen-bond acceptors (Lipinski definition) is 6. The van der Waals surface area contributed by atoms with Crippen LogP contribution in [-0.2, 0) is 14.2 Å². The average Bonchev–Trinajstić information content (AvgIpc) is 3.23. The maximum Gasteiger partial charge on any atom is 0.0923 e. The summed E-state index contributed by atoms with van der Waals surface area (Å²) in [5, 5.41) is 33.2. The van der Waals surface area contributed by atoms with Crippen molar-refractivity contribution in [3.8, 4) is 0 Å². The molecule has 0 spiro atoms. The Balaban J connectivity index is 1.33. The highest BCUT2D eigenvalue weighted by Gasteiger charge is 2.55. The lowest BCUT2D eigenvalue weighted by atomic mass is 9.74. The van der Waals surface area contributed by atoms with E-state index in [9.17, 15) is 15.3 Å². The van der Waals surface area contributed by atoms with Crippen molar-refractivity contribution < 1.29 is 29.5 Å². The smallest absolute Gasteiger partial charge is 0.0923 e. The number of aliphatic hydroxyl groups excluding tert-OH is 1. The number of halogens is 1. The van der Waals surface area contributed by atoms with Crippen molar-refractivity contribution in [3.63, 3.8) is 0 Å². The summed E-state index contributed by atoms with van der Waals surface area (Å²) >= 11 is 3.79. The first kappa shape index (κ1) is 31.2. The molecule has 4 fully saturated rings. The van der Waals surface area contributed by atoms with Crippen molar-refractivity contribution in [1.29, 1.82) is 0 Å². The molecule has 0 radical (unpaired) electrons. The zero-order valence-electron chi connectivity index (χ0n) is 25.2. The van der Waals surface area contributed by atoms with E-state index in [2.05, 4.69) is 50.5 Å². The lowest BCUT2D eigenvalue weighted by molar-refractivity contribution is -0.301. The van der Waals surface area contributed by atoms with E-state index in [4.69, 9.17) is 14.2 Å². The van der Waals surface area contributed by atoms with E-state index < -0.39 is 22.9 Å². The molecule has 0 unspecified atom stereocenters. The van der Waals surface area contributed by atoms with Crippen molar-refractivity contribution in [2.45, 2.75) is 183 Å². The van der Waals surface area contributed by atoms with Crippen LogP contribution in [0.1, 0.15) is 126 Å². The van der Waals surface area contributed by atoms with Crippen LogP contribution in [0.5, 0.6) is 0 Å². The van der Waals surface area contributed by atoms with Crippen molar-refractivity contribution in [2.24, 2.45) is 11.3 Å². The molecule has 0 amide bonds. The second kappa shape index (κ2) is 10.5. The minimum absolute atomic E-state index is 0.0136. The second-order valence-electron chi connectivity index (χ2n) is 15.3. The van der Waals surface area contributed by atoms with Crippen LogP contribution < -0.4 is 0 Å². The largest absolute Gasteiger partial charge is 0.393 e. The molecule has 4 aliphatic rings. The summed E-state index contributed by atoms with van der Waals surface area (Å²) in [5.74, 6) is 0.199. The summed E-state index contributed by atoms with van der Waals surface area (Å²) in [6, 6.07) is 0. The zero-order valence-corrected chi connectivity index (χ0v) is 26.8. The molecule has 6 nitrogen and oxygen atoms in total. The van der Waals surface area contributed by atoms with E-state index in [0.717, 1.165) is 57.8 Å². The topological polar surface area (TPSA) is 88.4 Å². The first-order valence-electron chi connectivity index (χ1n) is 15.1. The molecule has 4 rings (SSSR count). The molecule has 3 saturated heterocycles. The van der Waals surface area contributed by atoms with Crippen LogP contribution in [0.4, 0.5) is 0 Å². The molecule has 7 heteroatoms. The molecule has 1 saturated carbocycles. The third-order valence-electron chi connectivity index (χ3n) is 11.0. The van der Waals surface area contributed by atoms with Gasteiger partial charge in [-0.05, 0) is 130 Å². The normalized spacial score (nSPS) is 46.3. The van der Waals surface area contributed by atoms with E-state index in [1.54, 1.807) is 0 Å². The first-order valence-corrected chi connectivity index (χ1v) is 16.0. The van der Waals surface area contributed by atoms with Gasteiger partial charge in [0, 0.05) is 4.83 Å².